The molecule has 4 aromatic carbocycles. The summed E-state index contributed by atoms with van der Waals surface area (Å²) in [6.45, 7) is 4.30. The normalized spacial score (nSPS) is 14.6. The Balaban J connectivity index is 2.03. The van der Waals surface area contributed by atoms with E-state index < -0.39 is 5.50 Å². The molecule has 0 aliphatic rings. The van der Waals surface area contributed by atoms with Gasteiger partial charge < -0.3 is 4.74 Å². The molecule has 0 aromatic heterocycles. The maximum Gasteiger partial charge on any atom is 0.126 e. The number of allylic oxidation sites excluding steroid dienone is 1. The predicted molar refractivity (Wildman–Crippen MR) is 122 cm³/mol. The van der Waals surface area contributed by atoms with Crippen LogP contribution in [-0.2, 0) is 10.2 Å². The molecule has 0 aliphatic heterocycles. The zero-order chi connectivity index (χ0) is 19.7. The van der Waals surface area contributed by atoms with Crippen LogP contribution in [-0.4, -0.2) is 15.0 Å². The van der Waals surface area contributed by atoms with Crippen molar-refractivity contribution in [2.75, 3.05) is 7.11 Å². The Bertz CT molecular complexity index is 1160. The van der Waals surface area contributed by atoms with Gasteiger partial charge in [-0.2, -0.15) is 0 Å². The van der Waals surface area contributed by atoms with Crippen molar-refractivity contribution in [1.82, 2.24) is 0 Å². The fourth-order valence-electron chi connectivity index (χ4n) is 4.24. The van der Waals surface area contributed by atoms with Gasteiger partial charge in [0.1, 0.15) is 7.85 Å². The number of ether oxygens (including phenoxy) is 1. The molecule has 0 saturated carbocycles. The minimum Gasteiger partial charge on any atom is -0.380 e. The Morgan fingerprint density at radius 2 is 1.36 bits per heavy atom. The summed E-state index contributed by atoms with van der Waals surface area (Å²) in [4.78, 5) is 0. The second-order valence-corrected chi connectivity index (χ2v) is 7.59. The van der Waals surface area contributed by atoms with E-state index in [2.05, 4.69) is 86.7 Å². The minimum absolute atomic E-state index is 0.930. The molecule has 4 aromatic rings. The molecule has 138 valence electrons. The number of rotatable bonds is 5. The van der Waals surface area contributed by atoms with Crippen LogP contribution in [0.2, 0.25) is 0 Å². The zero-order valence-electron chi connectivity index (χ0n) is 16.8. The smallest absolute Gasteiger partial charge is 0.126 e. The second kappa shape index (κ2) is 7.45. The third kappa shape index (κ3) is 3.12. The summed E-state index contributed by atoms with van der Waals surface area (Å²) in [5.41, 5.74) is 1.29. The van der Waals surface area contributed by atoms with Gasteiger partial charge in [0, 0.05) is 7.11 Å². The maximum absolute atomic E-state index is 6.70. The van der Waals surface area contributed by atoms with Crippen LogP contribution in [0.4, 0.5) is 0 Å². The van der Waals surface area contributed by atoms with Gasteiger partial charge in [0.2, 0.25) is 0 Å². The molecule has 28 heavy (non-hydrogen) atoms. The van der Waals surface area contributed by atoms with Crippen LogP contribution in [0.5, 0.6) is 0 Å². The van der Waals surface area contributed by atoms with Crippen molar-refractivity contribution < 1.29 is 4.74 Å². The predicted octanol–water partition coefficient (Wildman–Crippen LogP) is 6.86. The Morgan fingerprint density at radius 3 is 1.86 bits per heavy atom. The Hall–Kier alpha value is -2.58. The Labute approximate surface area is 168 Å². The standard InChI is InChI=1S/C26H25BO/c1-4-9-18(2)17-26(27,28-3)19-14-15-24-22-12-6-5-10-20(22)21-11-7-8-13-23(21)25(24)16-19/h5-8,10-17H,4,9H2,1-3H3/b18-17-. The minimum atomic E-state index is -0.930. The molecule has 0 fully saturated rings. The molecule has 0 aliphatic carbocycles. The van der Waals surface area contributed by atoms with Crippen LogP contribution in [0.25, 0.3) is 32.3 Å². The summed E-state index contributed by atoms with van der Waals surface area (Å²) in [5, 5.41) is 7.50. The molecule has 2 heteroatoms. The first-order valence-electron chi connectivity index (χ1n) is 9.93. The molecule has 4 rings (SSSR count). The first kappa shape index (κ1) is 18.8. The van der Waals surface area contributed by atoms with Gasteiger partial charge in [0.05, 0.1) is 5.50 Å². The van der Waals surface area contributed by atoms with Gasteiger partial charge in [0.25, 0.3) is 0 Å². The lowest BCUT2D eigenvalue weighted by Gasteiger charge is -2.28. The molecule has 2 radical (unpaired) electrons. The molecular formula is C26H25BO. The van der Waals surface area contributed by atoms with Gasteiger partial charge in [-0.05, 0) is 57.3 Å². The number of hydrogen-bond donors (Lipinski definition) is 0. The van der Waals surface area contributed by atoms with Gasteiger partial charge in [-0.25, -0.2) is 0 Å². The van der Waals surface area contributed by atoms with E-state index >= 15 is 0 Å². The maximum atomic E-state index is 6.70. The second-order valence-electron chi connectivity index (χ2n) is 7.59. The highest BCUT2D eigenvalue weighted by molar-refractivity contribution is 6.25. The van der Waals surface area contributed by atoms with Crippen molar-refractivity contribution in [3.05, 3.63) is 83.9 Å². The van der Waals surface area contributed by atoms with Gasteiger partial charge in [-0.15, -0.1) is 0 Å². The molecule has 0 spiro atoms. The fraction of sp³-hybridized carbons (Fsp3) is 0.231. The van der Waals surface area contributed by atoms with E-state index in [9.17, 15) is 0 Å². The van der Waals surface area contributed by atoms with E-state index in [0.717, 1.165) is 18.4 Å². The van der Waals surface area contributed by atoms with Crippen molar-refractivity contribution in [2.24, 2.45) is 0 Å². The SMILES string of the molecule is [B]C(/C=C(/C)CCC)(OC)c1ccc2c3ccccc3c3ccccc3c2c1. The van der Waals surface area contributed by atoms with E-state index in [-0.39, 0.29) is 0 Å². The summed E-state index contributed by atoms with van der Waals surface area (Å²) in [5.74, 6) is 0. The first-order valence-corrected chi connectivity index (χ1v) is 9.93. The number of fused-ring (bicyclic) bond motifs is 6. The molecule has 1 unspecified atom stereocenters. The third-order valence-corrected chi connectivity index (χ3v) is 5.64. The Kier molecular flexibility index (Phi) is 4.99. The monoisotopic (exact) mass is 364 g/mol. The highest BCUT2D eigenvalue weighted by Gasteiger charge is 2.24. The average Bonchev–Trinajstić information content (AvgIpc) is 2.73. The molecule has 1 nitrogen and oxygen atoms in total. The third-order valence-electron chi connectivity index (χ3n) is 5.64. The number of methoxy groups -OCH3 is 1. The largest absolute Gasteiger partial charge is 0.380 e. The van der Waals surface area contributed by atoms with E-state index in [0.29, 0.717) is 0 Å². The van der Waals surface area contributed by atoms with Crippen LogP contribution in [0.15, 0.2) is 78.4 Å². The summed E-state index contributed by atoms with van der Waals surface area (Å²) < 4.78 is 5.79. The average molecular weight is 364 g/mol. The number of hydrogen-bond acceptors (Lipinski definition) is 1. The van der Waals surface area contributed by atoms with Gasteiger partial charge in [0.15, 0.2) is 0 Å². The summed E-state index contributed by atoms with van der Waals surface area (Å²) >= 11 is 0. The summed E-state index contributed by atoms with van der Waals surface area (Å²) in [6.07, 6.45) is 4.17. The van der Waals surface area contributed by atoms with E-state index in [1.807, 2.05) is 0 Å². The van der Waals surface area contributed by atoms with Gasteiger partial charge >= 0.3 is 0 Å². The van der Waals surface area contributed by atoms with Gasteiger partial charge in [-0.1, -0.05) is 85.7 Å². The van der Waals surface area contributed by atoms with Crippen molar-refractivity contribution in [1.29, 1.82) is 0 Å². The number of benzene rings is 4. The van der Waals surface area contributed by atoms with E-state index in [4.69, 9.17) is 12.6 Å². The van der Waals surface area contributed by atoms with E-state index in [1.54, 1.807) is 7.11 Å². The van der Waals surface area contributed by atoms with E-state index in [1.165, 1.54) is 37.9 Å². The zero-order valence-corrected chi connectivity index (χ0v) is 16.8. The van der Waals surface area contributed by atoms with Gasteiger partial charge in [-0.3, -0.25) is 0 Å². The lowest BCUT2D eigenvalue weighted by molar-refractivity contribution is 0.102. The lowest BCUT2D eigenvalue weighted by Crippen LogP contribution is -2.26. The van der Waals surface area contributed by atoms with Crippen molar-refractivity contribution in [3.63, 3.8) is 0 Å². The van der Waals surface area contributed by atoms with Crippen molar-refractivity contribution >= 4 is 40.2 Å². The van der Waals surface area contributed by atoms with Crippen LogP contribution in [0, 0.1) is 0 Å². The van der Waals surface area contributed by atoms with Crippen LogP contribution >= 0.6 is 0 Å². The summed E-state index contributed by atoms with van der Waals surface area (Å²) in [7, 11) is 8.38. The molecule has 0 bridgehead atoms. The lowest BCUT2D eigenvalue weighted by atomic mass is 9.73. The molecular weight excluding hydrogens is 339 g/mol. The quantitative estimate of drug-likeness (QED) is 0.213. The van der Waals surface area contributed by atoms with Crippen LogP contribution in [0.3, 0.4) is 0 Å². The van der Waals surface area contributed by atoms with Crippen LogP contribution < -0.4 is 0 Å². The first-order chi connectivity index (χ1) is 13.6. The topological polar surface area (TPSA) is 9.23 Å². The molecule has 0 amide bonds. The highest BCUT2D eigenvalue weighted by Crippen LogP contribution is 2.37. The van der Waals surface area contributed by atoms with Crippen LogP contribution in [0.1, 0.15) is 32.3 Å². The van der Waals surface area contributed by atoms with Crippen molar-refractivity contribution in [2.45, 2.75) is 32.2 Å². The molecule has 0 saturated heterocycles. The van der Waals surface area contributed by atoms with Crippen molar-refractivity contribution in [3.8, 4) is 0 Å². The Morgan fingerprint density at radius 1 is 0.857 bits per heavy atom. The summed E-state index contributed by atoms with van der Waals surface area (Å²) in [6, 6.07) is 23.7. The molecule has 0 heterocycles. The highest BCUT2D eigenvalue weighted by atomic mass is 16.5. The fourth-order valence-corrected chi connectivity index (χ4v) is 4.24. The molecule has 0 N–H and O–H groups in total. The molecule has 1 atom stereocenters.